The predicted molar refractivity (Wildman–Crippen MR) is 67.3 cm³/mol. The molecule has 1 saturated carbocycles. The van der Waals surface area contributed by atoms with Crippen molar-refractivity contribution in [1.29, 1.82) is 0 Å². The highest BCUT2D eigenvalue weighted by molar-refractivity contribution is 5.52. The van der Waals surface area contributed by atoms with Gasteiger partial charge in [-0.25, -0.2) is 4.39 Å². The summed E-state index contributed by atoms with van der Waals surface area (Å²) in [4.78, 5) is 0. The van der Waals surface area contributed by atoms with Gasteiger partial charge in [-0.3, -0.25) is 0 Å². The highest BCUT2D eigenvalue weighted by Gasteiger charge is 2.17. The van der Waals surface area contributed by atoms with Crippen molar-refractivity contribution in [3.8, 4) is 5.75 Å². The van der Waals surface area contributed by atoms with E-state index in [2.05, 4.69) is 0 Å². The van der Waals surface area contributed by atoms with Gasteiger partial charge in [-0.15, -0.1) is 0 Å². The molecule has 0 spiro atoms. The van der Waals surface area contributed by atoms with Gasteiger partial charge in [-0.1, -0.05) is 18.6 Å². The largest absolute Gasteiger partial charge is 0.493 e. The van der Waals surface area contributed by atoms with Crippen molar-refractivity contribution >= 4 is 6.08 Å². The maximum atomic E-state index is 13.3. The van der Waals surface area contributed by atoms with Gasteiger partial charge in [0.25, 0.3) is 0 Å². The summed E-state index contributed by atoms with van der Waals surface area (Å²) >= 11 is 0. The fraction of sp³-hybridized carbons (Fsp3) is 0.429. The van der Waals surface area contributed by atoms with E-state index < -0.39 is 0 Å². The molecule has 0 amide bonds. The summed E-state index contributed by atoms with van der Waals surface area (Å²) in [5, 5.41) is 0. The molecule has 2 rings (SSSR count). The molecule has 92 valence electrons. The third-order valence-electron chi connectivity index (χ3n) is 3.05. The normalized spacial score (nSPS) is 16.1. The van der Waals surface area contributed by atoms with E-state index in [1.54, 1.807) is 12.2 Å². The molecule has 0 aromatic heterocycles. The van der Waals surface area contributed by atoms with E-state index in [4.69, 9.17) is 10.5 Å². The summed E-state index contributed by atoms with van der Waals surface area (Å²) < 4.78 is 18.9. The summed E-state index contributed by atoms with van der Waals surface area (Å²) in [6.07, 6.45) is 7.36. The Hall–Kier alpha value is -1.35. The van der Waals surface area contributed by atoms with Crippen LogP contribution in [0.5, 0.6) is 5.75 Å². The lowest BCUT2D eigenvalue weighted by Gasteiger charge is -2.25. The highest BCUT2D eigenvalue weighted by Crippen LogP contribution is 2.27. The van der Waals surface area contributed by atoms with Gasteiger partial charge in [0.2, 0.25) is 0 Å². The minimum absolute atomic E-state index is 0.271. The van der Waals surface area contributed by atoms with Crippen molar-refractivity contribution in [2.75, 3.05) is 13.2 Å². The second-order valence-corrected chi connectivity index (χ2v) is 4.47. The third kappa shape index (κ3) is 3.56. The van der Waals surface area contributed by atoms with Gasteiger partial charge in [-0.2, -0.15) is 0 Å². The average molecular weight is 235 g/mol. The van der Waals surface area contributed by atoms with Crippen LogP contribution in [0, 0.1) is 11.7 Å². The first-order chi connectivity index (χ1) is 8.28. The van der Waals surface area contributed by atoms with Crippen LogP contribution in [0.4, 0.5) is 4.39 Å². The van der Waals surface area contributed by atoms with Gasteiger partial charge in [0.05, 0.1) is 6.61 Å². The van der Waals surface area contributed by atoms with Crippen molar-refractivity contribution < 1.29 is 9.13 Å². The Balaban J connectivity index is 1.99. The van der Waals surface area contributed by atoms with Gasteiger partial charge in [0, 0.05) is 12.6 Å². The van der Waals surface area contributed by atoms with Crippen LogP contribution in [0.2, 0.25) is 0 Å². The zero-order valence-electron chi connectivity index (χ0n) is 9.86. The zero-order valence-corrected chi connectivity index (χ0v) is 9.86. The quantitative estimate of drug-likeness (QED) is 0.851. The van der Waals surface area contributed by atoms with Crippen molar-refractivity contribution in [2.24, 2.45) is 11.7 Å². The predicted octanol–water partition coefficient (Wildman–Crippen LogP) is 2.98. The van der Waals surface area contributed by atoms with Gasteiger partial charge in [0.1, 0.15) is 11.6 Å². The molecule has 0 aliphatic heterocycles. The molecule has 2 nitrogen and oxygen atoms in total. The van der Waals surface area contributed by atoms with Gasteiger partial charge in [0.15, 0.2) is 0 Å². The Morgan fingerprint density at radius 2 is 2.18 bits per heavy atom. The number of benzene rings is 1. The molecule has 0 bridgehead atoms. The van der Waals surface area contributed by atoms with Crippen LogP contribution in [0.15, 0.2) is 24.3 Å². The SMILES string of the molecule is NC/C=C/c1cc(F)cc(OCC2CCC2)c1. The van der Waals surface area contributed by atoms with E-state index in [0.29, 0.717) is 24.8 Å². The van der Waals surface area contributed by atoms with Crippen LogP contribution in [-0.4, -0.2) is 13.2 Å². The number of nitrogens with two attached hydrogens (primary N) is 1. The fourth-order valence-electron chi connectivity index (χ4n) is 1.84. The van der Waals surface area contributed by atoms with E-state index >= 15 is 0 Å². The maximum absolute atomic E-state index is 13.3. The lowest BCUT2D eigenvalue weighted by atomic mass is 9.86. The third-order valence-corrected chi connectivity index (χ3v) is 3.05. The Kier molecular flexibility index (Phi) is 4.15. The minimum atomic E-state index is -0.271. The first-order valence-electron chi connectivity index (χ1n) is 6.08. The summed E-state index contributed by atoms with van der Waals surface area (Å²) in [7, 11) is 0. The van der Waals surface area contributed by atoms with Crippen LogP contribution >= 0.6 is 0 Å². The standard InChI is InChI=1S/C14H18FNO/c15-13-7-12(5-2-6-16)8-14(9-13)17-10-11-3-1-4-11/h2,5,7-9,11H,1,3-4,6,10,16H2/b5-2+. The van der Waals surface area contributed by atoms with E-state index in [1.165, 1.54) is 31.4 Å². The van der Waals surface area contributed by atoms with Crippen molar-refractivity contribution in [3.63, 3.8) is 0 Å². The molecule has 0 radical (unpaired) electrons. The Bertz CT molecular complexity index is 399. The molecule has 1 aliphatic rings. The van der Waals surface area contributed by atoms with Crippen LogP contribution in [0.3, 0.4) is 0 Å². The lowest BCUT2D eigenvalue weighted by molar-refractivity contribution is 0.180. The molecule has 1 aromatic rings. The monoisotopic (exact) mass is 235 g/mol. The lowest BCUT2D eigenvalue weighted by Crippen LogP contribution is -2.19. The van der Waals surface area contributed by atoms with Crippen molar-refractivity contribution in [3.05, 3.63) is 35.7 Å². The second kappa shape index (κ2) is 5.82. The van der Waals surface area contributed by atoms with Crippen molar-refractivity contribution in [1.82, 2.24) is 0 Å². The number of hydrogen-bond donors (Lipinski definition) is 1. The summed E-state index contributed by atoms with van der Waals surface area (Å²) in [5.41, 5.74) is 6.16. The first kappa shape index (κ1) is 12.1. The van der Waals surface area contributed by atoms with Crippen LogP contribution in [0.25, 0.3) is 6.08 Å². The highest BCUT2D eigenvalue weighted by atomic mass is 19.1. The summed E-state index contributed by atoms with van der Waals surface area (Å²) in [5.74, 6) is 0.989. The minimum Gasteiger partial charge on any atom is -0.493 e. The second-order valence-electron chi connectivity index (χ2n) is 4.47. The molecule has 1 aromatic carbocycles. The Labute approximate surface area is 101 Å². The Morgan fingerprint density at radius 3 is 2.82 bits per heavy atom. The average Bonchev–Trinajstić information content (AvgIpc) is 2.23. The van der Waals surface area contributed by atoms with E-state index in [0.717, 1.165) is 5.56 Å². The molecule has 1 fully saturated rings. The summed E-state index contributed by atoms with van der Waals surface area (Å²) in [6.45, 7) is 1.15. The van der Waals surface area contributed by atoms with Crippen LogP contribution in [-0.2, 0) is 0 Å². The molecule has 17 heavy (non-hydrogen) atoms. The number of ether oxygens (including phenoxy) is 1. The molecular weight excluding hydrogens is 217 g/mol. The molecule has 3 heteroatoms. The molecule has 1 aliphatic carbocycles. The number of rotatable bonds is 5. The molecule has 0 heterocycles. The molecule has 0 saturated heterocycles. The van der Waals surface area contributed by atoms with E-state index in [9.17, 15) is 4.39 Å². The molecular formula is C14H18FNO. The smallest absolute Gasteiger partial charge is 0.127 e. The van der Waals surface area contributed by atoms with Gasteiger partial charge in [-0.05, 0) is 36.5 Å². The Morgan fingerprint density at radius 1 is 1.35 bits per heavy atom. The molecule has 2 N–H and O–H groups in total. The van der Waals surface area contributed by atoms with E-state index in [-0.39, 0.29) is 5.82 Å². The maximum Gasteiger partial charge on any atom is 0.127 e. The molecule has 0 atom stereocenters. The number of halogens is 1. The van der Waals surface area contributed by atoms with Crippen LogP contribution in [0.1, 0.15) is 24.8 Å². The topological polar surface area (TPSA) is 35.2 Å². The summed E-state index contributed by atoms with van der Waals surface area (Å²) in [6, 6.07) is 4.74. The fourth-order valence-corrected chi connectivity index (χ4v) is 1.84. The van der Waals surface area contributed by atoms with Gasteiger partial charge >= 0.3 is 0 Å². The van der Waals surface area contributed by atoms with Crippen molar-refractivity contribution in [2.45, 2.75) is 19.3 Å². The zero-order chi connectivity index (χ0) is 12.1. The first-order valence-corrected chi connectivity index (χ1v) is 6.08. The molecule has 0 unspecified atom stereocenters. The van der Waals surface area contributed by atoms with Crippen LogP contribution < -0.4 is 10.5 Å². The number of hydrogen-bond acceptors (Lipinski definition) is 2. The van der Waals surface area contributed by atoms with E-state index in [1.807, 2.05) is 6.07 Å². The van der Waals surface area contributed by atoms with Gasteiger partial charge < -0.3 is 10.5 Å².